The van der Waals surface area contributed by atoms with Crippen LogP contribution in [0.1, 0.15) is 34.5 Å². The van der Waals surface area contributed by atoms with Gasteiger partial charge in [0.05, 0.1) is 11.3 Å². The lowest BCUT2D eigenvalue weighted by Gasteiger charge is -2.31. The van der Waals surface area contributed by atoms with Crippen LogP contribution in [0.25, 0.3) is 0 Å². The maximum Gasteiger partial charge on any atom is 0.416 e. The molecule has 0 bridgehead atoms. The Labute approximate surface area is 137 Å². The summed E-state index contributed by atoms with van der Waals surface area (Å²) in [6.07, 6.45) is -1.44. The quantitative estimate of drug-likeness (QED) is 0.796. The van der Waals surface area contributed by atoms with Gasteiger partial charge in [-0.15, -0.1) is 0 Å². The van der Waals surface area contributed by atoms with Crippen molar-refractivity contribution in [3.05, 3.63) is 53.4 Å². The summed E-state index contributed by atoms with van der Waals surface area (Å²) in [6.45, 7) is 1.92. The fraction of sp³-hybridized carbons (Fsp3) is 0.412. The molecule has 24 heavy (non-hydrogen) atoms. The summed E-state index contributed by atoms with van der Waals surface area (Å²) >= 11 is 0. The lowest BCUT2D eigenvalue weighted by molar-refractivity contribution is -0.137. The van der Waals surface area contributed by atoms with Gasteiger partial charge >= 0.3 is 6.18 Å². The Bertz CT molecular complexity index is 698. The van der Waals surface area contributed by atoms with Crippen molar-refractivity contribution in [1.29, 1.82) is 0 Å². The third-order valence-electron chi connectivity index (χ3n) is 4.23. The summed E-state index contributed by atoms with van der Waals surface area (Å²) in [7, 11) is 0. The molecule has 1 aliphatic heterocycles. The zero-order valence-corrected chi connectivity index (χ0v) is 12.9. The number of halogens is 3. The average Bonchev–Trinajstić information content (AvgIpc) is 3.07. The Morgan fingerprint density at radius 3 is 2.88 bits per heavy atom. The molecule has 2 aromatic rings. The molecule has 0 N–H and O–H groups in total. The average molecular weight is 338 g/mol. The number of hydrogen-bond donors (Lipinski definition) is 0. The van der Waals surface area contributed by atoms with E-state index in [9.17, 15) is 18.0 Å². The number of aromatic nitrogens is 1. The van der Waals surface area contributed by atoms with E-state index >= 15 is 0 Å². The number of piperidine rings is 1. The monoisotopic (exact) mass is 338 g/mol. The molecular weight excluding hydrogens is 321 g/mol. The van der Waals surface area contributed by atoms with Crippen LogP contribution in [0.5, 0.6) is 0 Å². The molecule has 2 heterocycles. The lowest BCUT2D eigenvalue weighted by atomic mass is 9.89. The molecule has 128 valence electrons. The van der Waals surface area contributed by atoms with Crippen LogP contribution in [0, 0.1) is 5.92 Å². The fourth-order valence-electron chi connectivity index (χ4n) is 3.05. The molecule has 0 aliphatic carbocycles. The molecule has 1 aromatic carbocycles. The Balaban J connectivity index is 1.70. The molecule has 1 saturated heterocycles. The van der Waals surface area contributed by atoms with Crippen molar-refractivity contribution in [3.63, 3.8) is 0 Å². The number of rotatable bonds is 4. The minimum atomic E-state index is -4.44. The second kappa shape index (κ2) is 6.76. The highest BCUT2D eigenvalue weighted by molar-refractivity contribution is 5.98. The Morgan fingerprint density at radius 1 is 1.33 bits per heavy atom. The Hall–Kier alpha value is -2.15. The van der Waals surface area contributed by atoms with Crippen LogP contribution in [0.3, 0.4) is 0 Å². The first-order valence-corrected chi connectivity index (χ1v) is 7.76. The molecule has 4 nitrogen and oxygen atoms in total. The maximum absolute atomic E-state index is 12.8. The van der Waals surface area contributed by atoms with Gasteiger partial charge < -0.3 is 4.52 Å². The lowest BCUT2D eigenvalue weighted by Crippen LogP contribution is -2.38. The molecule has 7 heteroatoms. The number of carbonyl (C=O) groups is 1. The highest BCUT2D eigenvalue weighted by Gasteiger charge is 2.32. The minimum absolute atomic E-state index is 0.123. The van der Waals surface area contributed by atoms with Crippen LogP contribution in [-0.4, -0.2) is 28.9 Å². The third-order valence-corrected chi connectivity index (χ3v) is 4.23. The van der Waals surface area contributed by atoms with Crippen LogP contribution in [-0.2, 0) is 12.7 Å². The first kappa shape index (κ1) is 16.7. The predicted molar refractivity (Wildman–Crippen MR) is 80.3 cm³/mol. The molecule has 0 unspecified atom stereocenters. The molecule has 0 saturated carbocycles. The second-order valence-electron chi connectivity index (χ2n) is 6.01. The number of benzene rings is 1. The van der Waals surface area contributed by atoms with E-state index in [1.54, 1.807) is 6.07 Å². The van der Waals surface area contributed by atoms with Crippen molar-refractivity contribution < 1.29 is 22.5 Å². The summed E-state index contributed by atoms with van der Waals surface area (Å²) in [4.78, 5) is 14.7. The van der Waals surface area contributed by atoms with E-state index in [1.807, 2.05) is 0 Å². The van der Waals surface area contributed by atoms with Crippen LogP contribution >= 0.6 is 0 Å². The number of ketones is 1. The van der Waals surface area contributed by atoms with Gasteiger partial charge in [-0.3, -0.25) is 9.69 Å². The second-order valence-corrected chi connectivity index (χ2v) is 6.01. The molecule has 0 amide bonds. The summed E-state index contributed by atoms with van der Waals surface area (Å²) in [5.74, 6) is -0.528. The van der Waals surface area contributed by atoms with Gasteiger partial charge in [0, 0.05) is 30.6 Å². The molecule has 1 fully saturated rings. The largest absolute Gasteiger partial charge is 0.416 e. The van der Waals surface area contributed by atoms with E-state index in [4.69, 9.17) is 4.52 Å². The van der Waals surface area contributed by atoms with Crippen LogP contribution in [0.4, 0.5) is 13.2 Å². The van der Waals surface area contributed by atoms with Gasteiger partial charge in [0.15, 0.2) is 5.78 Å². The molecule has 0 spiro atoms. The van der Waals surface area contributed by atoms with Gasteiger partial charge in [0.25, 0.3) is 0 Å². The SMILES string of the molecule is O=C(c1cccc(C(F)(F)F)c1)[C@@H]1CCCN(Cc2ccon2)C1. The number of nitrogens with zero attached hydrogens (tertiary/aromatic N) is 2. The fourth-order valence-corrected chi connectivity index (χ4v) is 3.05. The summed E-state index contributed by atoms with van der Waals surface area (Å²) in [5, 5.41) is 3.85. The number of carbonyl (C=O) groups excluding carboxylic acids is 1. The van der Waals surface area contributed by atoms with Gasteiger partial charge in [-0.2, -0.15) is 13.2 Å². The topological polar surface area (TPSA) is 46.3 Å². The van der Waals surface area contributed by atoms with Crippen molar-refractivity contribution in [2.24, 2.45) is 5.92 Å². The predicted octanol–water partition coefficient (Wildman–Crippen LogP) is 3.79. The minimum Gasteiger partial charge on any atom is -0.364 e. The normalized spacial score (nSPS) is 19.4. The first-order chi connectivity index (χ1) is 11.4. The zero-order chi connectivity index (χ0) is 17.2. The van der Waals surface area contributed by atoms with Crippen molar-refractivity contribution in [1.82, 2.24) is 10.1 Å². The van der Waals surface area contributed by atoms with Gasteiger partial charge in [0.1, 0.15) is 6.26 Å². The van der Waals surface area contributed by atoms with E-state index < -0.39 is 11.7 Å². The highest BCUT2D eigenvalue weighted by atomic mass is 19.4. The van der Waals surface area contributed by atoms with Gasteiger partial charge in [0.2, 0.25) is 0 Å². The highest BCUT2D eigenvalue weighted by Crippen LogP contribution is 2.30. The molecule has 3 rings (SSSR count). The van der Waals surface area contributed by atoms with Crippen LogP contribution in [0.2, 0.25) is 0 Å². The van der Waals surface area contributed by atoms with Crippen LogP contribution in [0.15, 0.2) is 41.1 Å². The molecule has 1 aromatic heterocycles. The van der Waals surface area contributed by atoms with Gasteiger partial charge in [-0.25, -0.2) is 0 Å². The summed E-state index contributed by atoms with van der Waals surface area (Å²) in [6, 6.07) is 6.42. The van der Waals surface area contributed by atoms with Crippen molar-refractivity contribution in [2.75, 3.05) is 13.1 Å². The standard InChI is InChI=1S/C17H17F3N2O2/c18-17(19,20)14-5-1-3-12(9-14)16(23)13-4-2-7-22(10-13)11-15-6-8-24-21-15/h1,3,5-6,8-9,13H,2,4,7,10-11H2/t13-/m1/s1. The molecule has 0 radical (unpaired) electrons. The Morgan fingerprint density at radius 2 is 2.17 bits per heavy atom. The van der Waals surface area contributed by atoms with E-state index in [1.165, 1.54) is 18.4 Å². The van der Waals surface area contributed by atoms with Crippen molar-refractivity contribution >= 4 is 5.78 Å². The number of hydrogen-bond acceptors (Lipinski definition) is 4. The van der Waals surface area contributed by atoms with E-state index in [2.05, 4.69) is 10.1 Å². The summed E-state index contributed by atoms with van der Waals surface area (Å²) in [5.41, 5.74) is 0.115. The summed E-state index contributed by atoms with van der Waals surface area (Å²) < 4.78 is 43.2. The van der Waals surface area contributed by atoms with Crippen molar-refractivity contribution in [2.45, 2.75) is 25.6 Å². The number of Topliss-reactive ketones (excluding diaryl/α,β-unsaturated/α-hetero) is 1. The van der Waals surface area contributed by atoms with E-state index in [0.717, 1.165) is 30.8 Å². The van der Waals surface area contributed by atoms with Gasteiger partial charge in [-0.05, 0) is 31.5 Å². The molecular formula is C17H17F3N2O2. The van der Waals surface area contributed by atoms with Crippen molar-refractivity contribution in [3.8, 4) is 0 Å². The third kappa shape index (κ3) is 3.84. The number of likely N-dealkylation sites (tertiary alicyclic amines) is 1. The van der Waals surface area contributed by atoms with Crippen LogP contribution < -0.4 is 0 Å². The van der Waals surface area contributed by atoms with E-state index in [-0.39, 0.29) is 17.3 Å². The first-order valence-electron chi connectivity index (χ1n) is 7.76. The molecule has 1 atom stereocenters. The smallest absolute Gasteiger partial charge is 0.364 e. The molecule has 1 aliphatic rings. The Kier molecular flexibility index (Phi) is 4.71. The van der Waals surface area contributed by atoms with Gasteiger partial charge in [-0.1, -0.05) is 17.3 Å². The zero-order valence-electron chi connectivity index (χ0n) is 12.9. The maximum atomic E-state index is 12.8. The number of alkyl halides is 3. The van der Waals surface area contributed by atoms with E-state index in [0.29, 0.717) is 19.5 Å².